The van der Waals surface area contributed by atoms with Gasteiger partial charge in [-0.2, -0.15) is 18.3 Å². The molecule has 0 N–H and O–H groups in total. The van der Waals surface area contributed by atoms with Gasteiger partial charge in [-0.15, -0.1) is 0 Å². The quantitative estimate of drug-likeness (QED) is 0.570. The molecule has 4 fully saturated rings. The molecule has 2 aliphatic heterocycles. The van der Waals surface area contributed by atoms with Crippen LogP contribution in [0.3, 0.4) is 0 Å². The number of hydrogen-bond acceptors (Lipinski definition) is 3. The summed E-state index contributed by atoms with van der Waals surface area (Å²) in [7, 11) is 0. The van der Waals surface area contributed by atoms with E-state index in [0.717, 1.165) is 22.6 Å². The van der Waals surface area contributed by atoms with Gasteiger partial charge < -0.3 is 9.80 Å². The highest BCUT2D eigenvalue weighted by Crippen LogP contribution is 2.79. The number of amides is 2. The van der Waals surface area contributed by atoms with Gasteiger partial charge >= 0.3 is 6.18 Å². The first kappa shape index (κ1) is 23.0. The van der Waals surface area contributed by atoms with E-state index in [2.05, 4.69) is 30.8 Å². The van der Waals surface area contributed by atoms with Crippen LogP contribution in [-0.2, 0) is 22.4 Å². The summed E-state index contributed by atoms with van der Waals surface area (Å²) in [6.07, 6.45) is 0.252. The fourth-order valence-electron chi connectivity index (χ4n) is 7.30. The molecule has 37 heavy (non-hydrogen) atoms. The molecule has 6 aliphatic rings. The second-order valence-corrected chi connectivity index (χ2v) is 11.7. The Morgan fingerprint density at radius 2 is 1.76 bits per heavy atom. The van der Waals surface area contributed by atoms with Crippen molar-refractivity contribution in [3.63, 3.8) is 0 Å². The average molecular weight is 511 g/mol. The number of rotatable bonds is 4. The minimum atomic E-state index is -4.26. The lowest BCUT2D eigenvalue weighted by atomic mass is 9.34. The number of alkyl halides is 3. The minimum Gasteiger partial charge on any atom is -0.336 e. The van der Waals surface area contributed by atoms with Crippen molar-refractivity contribution in [3.8, 4) is 5.69 Å². The lowest BCUT2D eigenvalue weighted by molar-refractivity contribution is -0.353. The SMILES string of the molecule is C=CC(=O)N1CCc2nn(-c3ccc(C4CC4)cc3)c3c2[C@@H](C1)N(C(=O)C12CC(C(F)(F)F)(C1)C2)CC3. The second-order valence-electron chi connectivity index (χ2n) is 11.7. The molecule has 9 heteroatoms. The standard InChI is InChI=1S/C28H29F3N4O2/c1-2-23(36)33-11-9-20-24-21(35(32-20)19-7-5-18(6-8-19)17-3-4-17)10-12-34(22(24)13-33)25(37)26-14-27(15-26,16-26)28(29,30)31/h2,5-8,17,22H,1,3-4,9-16H2/t22-,26?,27?/m1/s1. The zero-order valence-electron chi connectivity index (χ0n) is 20.6. The van der Waals surface area contributed by atoms with Crippen LogP contribution in [-0.4, -0.2) is 57.2 Å². The van der Waals surface area contributed by atoms with E-state index < -0.39 is 23.0 Å². The van der Waals surface area contributed by atoms with Crippen molar-refractivity contribution in [3.05, 3.63) is 59.4 Å². The zero-order chi connectivity index (χ0) is 25.7. The lowest BCUT2D eigenvalue weighted by Gasteiger charge is -2.70. The van der Waals surface area contributed by atoms with Crippen LogP contribution < -0.4 is 0 Å². The van der Waals surface area contributed by atoms with Gasteiger partial charge in [0.25, 0.3) is 0 Å². The number of halogens is 3. The predicted molar refractivity (Wildman–Crippen MR) is 129 cm³/mol. The predicted octanol–water partition coefficient (Wildman–Crippen LogP) is 4.48. The van der Waals surface area contributed by atoms with Gasteiger partial charge in [0.05, 0.1) is 33.9 Å². The van der Waals surface area contributed by atoms with Crippen molar-refractivity contribution in [1.82, 2.24) is 19.6 Å². The van der Waals surface area contributed by atoms with Crippen LogP contribution in [0.25, 0.3) is 5.69 Å². The van der Waals surface area contributed by atoms with Crippen molar-refractivity contribution in [1.29, 1.82) is 0 Å². The monoisotopic (exact) mass is 510 g/mol. The van der Waals surface area contributed by atoms with E-state index in [1.54, 1.807) is 9.80 Å². The van der Waals surface area contributed by atoms with Crippen molar-refractivity contribution >= 4 is 11.8 Å². The molecule has 0 saturated heterocycles. The molecule has 1 aromatic carbocycles. The Morgan fingerprint density at radius 1 is 1.05 bits per heavy atom. The zero-order valence-corrected chi connectivity index (χ0v) is 20.6. The van der Waals surface area contributed by atoms with E-state index in [9.17, 15) is 22.8 Å². The summed E-state index contributed by atoms with van der Waals surface area (Å²) < 4.78 is 42.4. The summed E-state index contributed by atoms with van der Waals surface area (Å²) >= 11 is 0. The number of aromatic nitrogens is 2. The molecule has 194 valence electrons. The topological polar surface area (TPSA) is 58.4 Å². The molecule has 8 rings (SSSR count). The number of hydrogen-bond donors (Lipinski definition) is 0. The van der Waals surface area contributed by atoms with E-state index in [1.165, 1.54) is 24.5 Å². The first-order valence-electron chi connectivity index (χ1n) is 13.1. The van der Waals surface area contributed by atoms with Crippen LogP contribution in [0.15, 0.2) is 36.9 Å². The maximum Gasteiger partial charge on any atom is 0.394 e. The van der Waals surface area contributed by atoms with Crippen LogP contribution in [0.2, 0.25) is 0 Å². The van der Waals surface area contributed by atoms with Gasteiger partial charge in [0.2, 0.25) is 11.8 Å². The van der Waals surface area contributed by atoms with E-state index >= 15 is 0 Å². The summed E-state index contributed by atoms with van der Waals surface area (Å²) in [6.45, 7) is 4.77. The maximum absolute atomic E-state index is 13.8. The van der Waals surface area contributed by atoms with Gasteiger partial charge in [0.1, 0.15) is 0 Å². The molecule has 4 aliphatic carbocycles. The minimum absolute atomic E-state index is 0.118. The largest absolute Gasteiger partial charge is 0.394 e. The van der Waals surface area contributed by atoms with Gasteiger partial charge in [0.15, 0.2) is 0 Å². The third kappa shape index (κ3) is 3.21. The van der Waals surface area contributed by atoms with Gasteiger partial charge in [-0.1, -0.05) is 18.7 Å². The molecular formula is C28H29F3N4O2. The Labute approximate surface area is 213 Å². The molecule has 0 spiro atoms. The molecule has 1 atom stereocenters. The molecule has 3 heterocycles. The highest BCUT2D eigenvalue weighted by atomic mass is 19.4. The number of benzene rings is 1. The van der Waals surface area contributed by atoms with Crippen molar-refractivity contribution in [2.75, 3.05) is 19.6 Å². The Balaban J connectivity index is 1.23. The third-order valence-electron chi connectivity index (χ3n) is 9.43. The van der Waals surface area contributed by atoms with Crippen molar-refractivity contribution in [2.45, 2.75) is 63.1 Å². The maximum atomic E-state index is 13.8. The Hall–Kier alpha value is -3.10. The normalized spacial score (nSPS) is 30.1. The van der Waals surface area contributed by atoms with Crippen LogP contribution in [0.5, 0.6) is 0 Å². The Bertz CT molecular complexity index is 1300. The first-order chi connectivity index (χ1) is 17.6. The molecule has 4 saturated carbocycles. The number of nitrogens with zero attached hydrogens (tertiary/aromatic N) is 4. The first-order valence-corrected chi connectivity index (χ1v) is 13.1. The molecule has 0 radical (unpaired) electrons. The summed E-state index contributed by atoms with van der Waals surface area (Å²) in [5, 5.41) is 4.96. The summed E-state index contributed by atoms with van der Waals surface area (Å²) in [6, 6.07) is 8.08. The molecule has 1 aromatic heterocycles. The second kappa shape index (κ2) is 7.48. The van der Waals surface area contributed by atoms with Gasteiger partial charge in [0, 0.05) is 38.0 Å². The van der Waals surface area contributed by atoms with E-state index in [-0.39, 0.29) is 31.1 Å². The molecule has 0 unspecified atom stereocenters. The molecule has 2 bridgehead atoms. The lowest BCUT2D eigenvalue weighted by Crippen LogP contribution is -2.73. The molecule has 2 amide bonds. The van der Waals surface area contributed by atoms with Crippen LogP contribution in [0.4, 0.5) is 13.2 Å². The molecular weight excluding hydrogens is 481 g/mol. The smallest absolute Gasteiger partial charge is 0.336 e. The summed E-state index contributed by atoms with van der Waals surface area (Å²) in [5.41, 5.74) is 2.56. The highest BCUT2D eigenvalue weighted by molar-refractivity contribution is 5.88. The van der Waals surface area contributed by atoms with Crippen molar-refractivity contribution < 1.29 is 22.8 Å². The van der Waals surface area contributed by atoms with Crippen LogP contribution >= 0.6 is 0 Å². The average Bonchev–Trinajstić information content (AvgIpc) is 3.62. The van der Waals surface area contributed by atoms with Crippen LogP contribution in [0.1, 0.15) is 66.6 Å². The van der Waals surface area contributed by atoms with Gasteiger partial charge in [-0.25, -0.2) is 4.68 Å². The fourth-order valence-corrected chi connectivity index (χ4v) is 7.30. The van der Waals surface area contributed by atoms with Crippen LogP contribution in [0, 0.1) is 10.8 Å². The molecule has 2 aromatic rings. The number of carbonyl (C=O) groups is 2. The summed E-state index contributed by atoms with van der Waals surface area (Å²) in [5.74, 6) is 0.247. The summed E-state index contributed by atoms with van der Waals surface area (Å²) in [4.78, 5) is 29.8. The number of carbonyl (C=O) groups excluding carboxylic acids is 2. The third-order valence-corrected chi connectivity index (χ3v) is 9.43. The van der Waals surface area contributed by atoms with E-state index in [1.807, 2.05) is 4.68 Å². The van der Waals surface area contributed by atoms with Crippen molar-refractivity contribution in [2.24, 2.45) is 10.8 Å². The van der Waals surface area contributed by atoms with Gasteiger partial charge in [-0.3, -0.25) is 9.59 Å². The Morgan fingerprint density at radius 3 is 2.38 bits per heavy atom. The highest BCUT2D eigenvalue weighted by Gasteiger charge is 2.81. The fraction of sp³-hybridized carbons (Fsp3) is 0.536. The van der Waals surface area contributed by atoms with E-state index in [0.29, 0.717) is 38.4 Å². The Kier molecular flexibility index (Phi) is 4.66. The molecule has 6 nitrogen and oxygen atoms in total. The van der Waals surface area contributed by atoms with Gasteiger partial charge in [-0.05, 0) is 61.8 Å². The van der Waals surface area contributed by atoms with E-state index in [4.69, 9.17) is 5.10 Å².